The lowest BCUT2D eigenvalue weighted by atomic mass is 10.2. The van der Waals surface area contributed by atoms with Gasteiger partial charge in [0.25, 0.3) is 0 Å². The summed E-state index contributed by atoms with van der Waals surface area (Å²) in [5.41, 5.74) is 0. The van der Waals surface area contributed by atoms with Crippen LogP contribution in [0.2, 0.25) is 0 Å². The number of carbonyl (C=O) groups is 1. The van der Waals surface area contributed by atoms with Crippen LogP contribution >= 0.6 is 0 Å². The van der Waals surface area contributed by atoms with E-state index in [-0.39, 0.29) is 11.8 Å². The highest BCUT2D eigenvalue weighted by Crippen LogP contribution is 2.30. The van der Waals surface area contributed by atoms with Crippen LogP contribution in [0.4, 0.5) is 0 Å². The van der Waals surface area contributed by atoms with E-state index in [4.69, 9.17) is 0 Å². The molecule has 0 saturated heterocycles. The highest BCUT2D eigenvalue weighted by atomic mass is 16.2. The smallest absolute Gasteiger partial charge is 0.229 e. The topological polar surface area (TPSA) is 20.3 Å². The molecule has 0 aromatic rings. The van der Waals surface area contributed by atoms with E-state index in [2.05, 4.69) is 37.8 Å². The molecular weight excluding hydrogens is 210 g/mol. The van der Waals surface area contributed by atoms with Gasteiger partial charge >= 0.3 is 0 Å². The summed E-state index contributed by atoms with van der Waals surface area (Å²) in [6, 6.07) is 0. The van der Waals surface area contributed by atoms with Crippen LogP contribution in [0.1, 0.15) is 39.0 Å². The Bertz CT molecular complexity index is 300. The van der Waals surface area contributed by atoms with Crippen molar-refractivity contribution in [1.82, 2.24) is 4.90 Å². The Morgan fingerprint density at radius 3 is 2.41 bits per heavy atom. The lowest BCUT2D eigenvalue weighted by molar-refractivity contribution is -0.129. The average Bonchev–Trinajstić information content (AvgIpc) is 3.16. The molecule has 0 aromatic heterocycles. The molecule has 94 valence electrons. The monoisotopic (exact) mass is 233 g/mol. The molecular formula is C15H23NO. The van der Waals surface area contributed by atoms with Crippen LogP contribution < -0.4 is 0 Å². The number of carbonyl (C=O) groups excluding carboxylic acids is 1. The second-order valence-electron chi connectivity index (χ2n) is 4.38. The molecule has 0 bridgehead atoms. The standard InChI is InChI=1S/C15H23NO/c1-3-5-6-7-8-9-10-13-16(4-2)15(17)14-11-12-14/h4-6,9-10,14H,2-3,7-8,11-13H2,1H3/b6-5-,10-9-. The van der Waals surface area contributed by atoms with Crippen LogP contribution in [-0.4, -0.2) is 17.4 Å². The third kappa shape index (κ3) is 5.53. The van der Waals surface area contributed by atoms with E-state index in [0.29, 0.717) is 6.54 Å². The van der Waals surface area contributed by atoms with Crippen molar-refractivity contribution < 1.29 is 4.79 Å². The average molecular weight is 233 g/mol. The molecule has 1 aliphatic carbocycles. The van der Waals surface area contributed by atoms with E-state index in [1.807, 2.05) is 0 Å². The second-order valence-corrected chi connectivity index (χ2v) is 4.38. The number of unbranched alkanes of at least 4 members (excludes halogenated alkanes) is 1. The molecule has 1 saturated carbocycles. The van der Waals surface area contributed by atoms with Crippen molar-refractivity contribution in [1.29, 1.82) is 0 Å². The van der Waals surface area contributed by atoms with Crippen LogP contribution in [-0.2, 0) is 4.79 Å². The van der Waals surface area contributed by atoms with Crippen LogP contribution in [0.25, 0.3) is 0 Å². The minimum absolute atomic E-state index is 0.232. The summed E-state index contributed by atoms with van der Waals surface area (Å²) in [6.45, 7) is 6.49. The third-order valence-corrected chi connectivity index (χ3v) is 2.80. The van der Waals surface area contributed by atoms with Crippen molar-refractivity contribution in [3.63, 3.8) is 0 Å². The van der Waals surface area contributed by atoms with Gasteiger partial charge in [-0.3, -0.25) is 4.79 Å². The number of nitrogens with zero attached hydrogens (tertiary/aromatic N) is 1. The predicted molar refractivity (Wildman–Crippen MR) is 72.4 cm³/mol. The minimum atomic E-state index is 0.232. The Kier molecular flexibility index (Phi) is 6.38. The first kappa shape index (κ1) is 13.8. The van der Waals surface area contributed by atoms with E-state index in [9.17, 15) is 4.79 Å². The molecule has 0 atom stereocenters. The fourth-order valence-corrected chi connectivity index (χ4v) is 1.60. The first-order chi connectivity index (χ1) is 8.29. The van der Waals surface area contributed by atoms with Crippen molar-refractivity contribution in [2.45, 2.75) is 39.0 Å². The van der Waals surface area contributed by atoms with Crippen LogP contribution in [0, 0.1) is 5.92 Å². The van der Waals surface area contributed by atoms with Crippen molar-refractivity contribution >= 4 is 5.91 Å². The van der Waals surface area contributed by atoms with Gasteiger partial charge in [-0.1, -0.05) is 37.8 Å². The van der Waals surface area contributed by atoms with E-state index < -0.39 is 0 Å². The van der Waals surface area contributed by atoms with Gasteiger partial charge in [0.15, 0.2) is 0 Å². The molecule has 17 heavy (non-hydrogen) atoms. The Morgan fingerprint density at radius 1 is 1.24 bits per heavy atom. The van der Waals surface area contributed by atoms with Crippen LogP contribution in [0.5, 0.6) is 0 Å². The summed E-state index contributed by atoms with van der Waals surface area (Å²) in [5, 5.41) is 0. The van der Waals surface area contributed by atoms with Gasteiger partial charge in [-0.25, -0.2) is 0 Å². The Morgan fingerprint density at radius 2 is 1.88 bits per heavy atom. The zero-order valence-electron chi connectivity index (χ0n) is 10.8. The number of rotatable bonds is 8. The zero-order valence-corrected chi connectivity index (χ0v) is 10.8. The van der Waals surface area contributed by atoms with E-state index in [1.165, 1.54) is 0 Å². The maximum atomic E-state index is 11.8. The summed E-state index contributed by atoms with van der Waals surface area (Å²) >= 11 is 0. The van der Waals surface area contributed by atoms with Gasteiger partial charge in [0.2, 0.25) is 5.91 Å². The predicted octanol–water partition coefficient (Wildman–Crippen LogP) is 3.67. The van der Waals surface area contributed by atoms with Crippen molar-refractivity contribution in [3.8, 4) is 0 Å². The van der Waals surface area contributed by atoms with E-state index in [0.717, 1.165) is 32.1 Å². The van der Waals surface area contributed by atoms with Crippen molar-refractivity contribution in [3.05, 3.63) is 37.1 Å². The second kappa shape index (κ2) is 7.88. The summed E-state index contributed by atoms with van der Waals surface area (Å²) < 4.78 is 0. The highest BCUT2D eigenvalue weighted by Gasteiger charge is 2.32. The number of allylic oxidation sites excluding steroid dienone is 3. The van der Waals surface area contributed by atoms with Gasteiger partial charge < -0.3 is 4.90 Å². The van der Waals surface area contributed by atoms with Gasteiger partial charge in [-0.15, -0.1) is 0 Å². The highest BCUT2D eigenvalue weighted by molar-refractivity contribution is 5.82. The van der Waals surface area contributed by atoms with E-state index in [1.54, 1.807) is 11.1 Å². The quantitative estimate of drug-likeness (QED) is 0.462. The Labute approximate surface area is 105 Å². The molecule has 2 heteroatoms. The summed E-state index contributed by atoms with van der Waals surface area (Å²) in [4.78, 5) is 13.5. The van der Waals surface area contributed by atoms with Crippen LogP contribution in [0.15, 0.2) is 37.1 Å². The van der Waals surface area contributed by atoms with E-state index >= 15 is 0 Å². The molecule has 0 aliphatic heterocycles. The fourth-order valence-electron chi connectivity index (χ4n) is 1.60. The van der Waals surface area contributed by atoms with Crippen molar-refractivity contribution in [2.24, 2.45) is 5.92 Å². The largest absolute Gasteiger partial charge is 0.316 e. The van der Waals surface area contributed by atoms with Gasteiger partial charge in [-0.2, -0.15) is 0 Å². The zero-order chi connectivity index (χ0) is 12.5. The minimum Gasteiger partial charge on any atom is -0.316 e. The Balaban J connectivity index is 2.18. The molecule has 1 fully saturated rings. The van der Waals surface area contributed by atoms with Gasteiger partial charge in [-0.05, 0) is 38.3 Å². The molecule has 1 aliphatic rings. The summed E-state index contributed by atoms with van der Waals surface area (Å²) in [5.74, 6) is 0.504. The van der Waals surface area contributed by atoms with Crippen LogP contribution in [0.3, 0.4) is 0 Å². The molecule has 0 unspecified atom stereocenters. The molecule has 0 N–H and O–H groups in total. The van der Waals surface area contributed by atoms with Crippen molar-refractivity contribution in [2.75, 3.05) is 6.54 Å². The molecule has 0 heterocycles. The molecule has 0 aromatic carbocycles. The fraction of sp³-hybridized carbons (Fsp3) is 0.533. The molecule has 1 rings (SSSR count). The first-order valence-electron chi connectivity index (χ1n) is 6.52. The number of hydrogen-bond acceptors (Lipinski definition) is 1. The summed E-state index contributed by atoms with van der Waals surface area (Å²) in [6.07, 6.45) is 15.5. The molecule has 1 amide bonds. The SMILES string of the molecule is C=CN(C/C=C\CC/C=C\CC)C(=O)C1CC1. The lowest BCUT2D eigenvalue weighted by Gasteiger charge is -2.15. The normalized spacial score (nSPS) is 15.6. The third-order valence-electron chi connectivity index (χ3n) is 2.80. The number of amides is 1. The van der Waals surface area contributed by atoms with Gasteiger partial charge in [0.1, 0.15) is 0 Å². The van der Waals surface area contributed by atoms with Gasteiger partial charge in [0, 0.05) is 12.5 Å². The van der Waals surface area contributed by atoms with Gasteiger partial charge in [0.05, 0.1) is 0 Å². The number of hydrogen-bond donors (Lipinski definition) is 0. The summed E-state index contributed by atoms with van der Waals surface area (Å²) in [7, 11) is 0. The molecule has 0 radical (unpaired) electrons. The lowest BCUT2D eigenvalue weighted by Crippen LogP contribution is -2.26. The Hall–Kier alpha value is -1.31. The molecule has 2 nitrogen and oxygen atoms in total. The maximum Gasteiger partial charge on any atom is 0.229 e. The first-order valence-corrected chi connectivity index (χ1v) is 6.52. The molecule has 0 spiro atoms. The maximum absolute atomic E-state index is 11.8.